The van der Waals surface area contributed by atoms with E-state index in [1.807, 2.05) is 18.2 Å². The van der Waals surface area contributed by atoms with Crippen LogP contribution in [0.25, 0.3) is 11.0 Å². The number of thioether (sulfide) groups is 1. The van der Waals surface area contributed by atoms with Crippen LogP contribution in [-0.4, -0.2) is 39.2 Å². The Labute approximate surface area is 119 Å². The molecular formula is C12H14N4OS2. The SMILES string of the molecule is O=C(CSCC1CNC1)Nc1cccc2nsnc12. The Kier molecular flexibility index (Phi) is 3.95. The van der Waals surface area contributed by atoms with Gasteiger partial charge in [0.2, 0.25) is 5.91 Å². The minimum Gasteiger partial charge on any atom is -0.323 e. The van der Waals surface area contributed by atoms with Gasteiger partial charge in [0.25, 0.3) is 0 Å². The molecule has 5 nitrogen and oxygen atoms in total. The fourth-order valence-corrected chi connectivity index (χ4v) is 3.37. The summed E-state index contributed by atoms with van der Waals surface area (Å²) in [5, 5.41) is 6.14. The van der Waals surface area contributed by atoms with E-state index in [2.05, 4.69) is 19.4 Å². The van der Waals surface area contributed by atoms with Gasteiger partial charge < -0.3 is 10.6 Å². The number of anilines is 1. The number of nitrogens with one attached hydrogen (secondary N) is 2. The van der Waals surface area contributed by atoms with Crippen LogP contribution < -0.4 is 10.6 Å². The van der Waals surface area contributed by atoms with Gasteiger partial charge in [0.1, 0.15) is 11.0 Å². The van der Waals surface area contributed by atoms with E-state index in [9.17, 15) is 4.79 Å². The summed E-state index contributed by atoms with van der Waals surface area (Å²) in [5.74, 6) is 2.29. The summed E-state index contributed by atoms with van der Waals surface area (Å²) < 4.78 is 8.36. The maximum absolute atomic E-state index is 11.9. The van der Waals surface area contributed by atoms with Crippen molar-refractivity contribution >= 4 is 46.1 Å². The topological polar surface area (TPSA) is 66.9 Å². The van der Waals surface area contributed by atoms with Crippen LogP contribution in [-0.2, 0) is 4.79 Å². The highest BCUT2D eigenvalue weighted by Gasteiger charge is 2.17. The van der Waals surface area contributed by atoms with Gasteiger partial charge in [-0.2, -0.15) is 20.5 Å². The molecule has 1 aromatic heterocycles. The second kappa shape index (κ2) is 5.85. The molecule has 1 aromatic carbocycles. The largest absolute Gasteiger partial charge is 0.323 e. The van der Waals surface area contributed by atoms with Crippen LogP contribution in [0.1, 0.15) is 0 Å². The molecule has 1 amide bonds. The van der Waals surface area contributed by atoms with E-state index in [1.54, 1.807) is 11.8 Å². The molecule has 0 atom stereocenters. The van der Waals surface area contributed by atoms with Crippen molar-refractivity contribution in [3.8, 4) is 0 Å². The number of hydrogen-bond donors (Lipinski definition) is 2. The summed E-state index contributed by atoms with van der Waals surface area (Å²) in [6, 6.07) is 5.64. The summed E-state index contributed by atoms with van der Waals surface area (Å²) >= 11 is 2.85. The minimum atomic E-state index is 0.0257. The van der Waals surface area contributed by atoms with Crippen molar-refractivity contribution in [3.63, 3.8) is 0 Å². The van der Waals surface area contributed by atoms with Gasteiger partial charge in [-0.15, -0.1) is 0 Å². The molecule has 0 aliphatic carbocycles. The van der Waals surface area contributed by atoms with E-state index in [4.69, 9.17) is 0 Å². The zero-order valence-electron chi connectivity index (χ0n) is 10.3. The first-order valence-electron chi connectivity index (χ1n) is 6.12. The van der Waals surface area contributed by atoms with Gasteiger partial charge in [-0.3, -0.25) is 4.79 Å². The van der Waals surface area contributed by atoms with Gasteiger partial charge in [-0.1, -0.05) is 6.07 Å². The lowest BCUT2D eigenvalue weighted by Crippen LogP contribution is -2.43. The lowest BCUT2D eigenvalue weighted by molar-refractivity contribution is -0.113. The molecule has 0 bridgehead atoms. The standard InChI is InChI=1S/C12H14N4OS2/c17-11(7-18-6-8-4-13-5-8)14-9-2-1-3-10-12(9)16-19-15-10/h1-3,8,13H,4-7H2,(H,14,17). The summed E-state index contributed by atoms with van der Waals surface area (Å²) in [4.78, 5) is 11.9. The van der Waals surface area contributed by atoms with Crippen molar-refractivity contribution in [2.75, 3.05) is 29.9 Å². The normalized spacial score (nSPS) is 15.4. The highest BCUT2D eigenvalue weighted by molar-refractivity contribution is 7.99. The number of nitrogens with zero attached hydrogens (tertiary/aromatic N) is 2. The Hall–Kier alpha value is -1.18. The third-order valence-corrected chi connectivity index (χ3v) is 4.73. The molecule has 2 N–H and O–H groups in total. The average molecular weight is 294 g/mol. The molecule has 2 aromatic rings. The molecule has 7 heteroatoms. The van der Waals surface area contributed by atoms with Crippen LogP contribution in [0, 0.1) is 5.92 Å². The highest BCUT2D eigenvalue weighted by Crippen LogP contribution is 2.21. The number of rotatable bonds is 5. The van der Waals surface area contributed by atoms with Crippen molar-refractivity contribution in [3.05, 3.63) is 18.2 Å². The van der Waals surface area contributed by atoms with Crippen molar-refractivity contribution < 1.29 is 4.79 Å². The van der Waals surface area contributed by atoms with Crippen LogP contribution >= 0.6 is 23.5 Å². The molecule has 0 spiro atoms. The van der Waals surface area contributed by atoms with E-state index in [1.165, 1.54) is 0 Å². The maximum Gasteiger partial charge on any atom is 0.234 e. The van der Waals surface area contributed by atoms with Crippen LogP contribution in [0.5, 0.6) is 0 Å². The molecule has 0 unspecified atom stereocenters. The molecule has 1 saturated heterocycles. The molecule has 3 rings (SSSR count). The van der Waals surface area contributed by atoms with E-state index in [-0.39, 0.29) is 5.91 Å². The van der Waals surface area contributed by atoms with Gasteiger partial charge in [-0.05, 0) is 36.9 Å². The molecule has 19 heavy (non-hydrogen) atoms. The average Bonchev–Trinajstić information content (AvgIpc) is 2.81. The predicted molar refractivity (Wildman–Crippen MR) is 79.7 cm³/mol. The quantitative estimate of drug-likeness (QED) is 0.876. The van der Waals surface area contributed by atoms with Gasteiger partial charge in [0.15, 0.2) is 0 Å². The number of carbonyl (C=O) groups is 1. The van der Waals surface area contributed by atoms with Crippen molar-refractivity contribution in [2.45, 2.75) is 0 Å². The summed E-state index contributed by atoms with van der Waals surface area (Å²) in [7, 11) is 0. The Balaban J connectivity index is 1.54. The second-order valence-corrected chi connectivity index (χ2v) is 6.08. The first kappa shape index (κ1) is 12.8. The zero-order chi connectivity index (χ0) is 13.1. The Morgan fingerprint density at radius 3 is 3.16 bits per heavy atom. The lowest BCUT2D eigenvalue weighted by Gasteiger charge is -2.26. The third-order valence-electron chi connectivity index (χ3n) is 3.01. The van der Waals surface area contributed by atoms with E-state index in [0.717, 1.165) is 53.2 Å². The second-order valence-electron chi connectivity index (χ2n) is 4.53. The zero-order valence-corrected chi connectivity index (χ0v) is 11.9. The van der Waals surface area contributed by atoms with Crippen molar-refractivity contribution in [2.24, 2.45) is 5.92 Å². The predicted octanol–water partition coefficient (Wildman–Crippen LogP) is 1.58. The summed E-state index contributed by atoms with van der Waals surface area (Å²) in [6.45, 7) is 2.16. The smallest absolute Gasteiger partial charge is 0.234 e. The van der Waals surface area contributed by atoms with Crippen molar-refractivity contribution in [1.82, 2.24) is 14.1 Å². The van der Waals surface area contributed by atoms with Crippen molar-refractivity contribution in [1.29, 1.82) is 0 Å². The molecule has 0 radical (unpaired) electrons. The van der Waals surface area contributed by atoms with Gasteiger partial charge in [-0.25, -0.2) is 0 Å². The van der Waals surface area contributed by atoms with Gasteiger partial charge >= 0.3 is 0 Å². The molecule has 1 aliphatic rings. The van der Waals surface area contributed by atoms with E-state index < -0.39 is 0 Å². The van der Waals surface area contributed by atoms with E-state index >= 15 is 0 Å². The third kappa shape index (κ3) is 3.05. The molecule has 1 aliphatic heterocycles. The molecule has 2 heterocycles. The van der Waals surface area contributed by atoms with Crippen LogP contribution in [0.15, 0.2) is 18.2 Å². The van der Waals surface area contributed by atoms with Crippen LogP contribution in [0.2, 0.25) is 0 Å². The molecule has 100 valence electrons. The number of fused-ring (bicyclic) bond motifs is 1. The number of carbonyl (C=O) groups excluding carboxylic acids is 1. The maximum atomic E-state index is 11.9. The number of benzene rings is 1. The molecular weight excluding hydrogens is 280 g/mol. The molecule has 1 fully saturated rings. The Morgan fingerprint density at radius 2 is 2.37 bits per heavy atom. The molecule has 0 saturated carbocycles. The van der Waals surface area contributed by atoms with Crippen LogP contribution in [0.4, 0.5) is 5.69 Å². The monoisotopic (exact) mass is 294 g/mol. The first-order chi connectivity index (χ1) is 9.33. The Bertz CT molecular complexity index is 582. The fourth-order valence-electron chi connectivity index (χ4n) is 1.88. The van der Waals surface area contributed by atoms with E-state index in [0.29, 0.717) is 5.75 Å². The highest BCUT2D eigenvalue weighted by atomic mass is 32.2. The van der Waals surface area contributed by atoms with Crippen LogP contribution in [0.3, 0.4) is 0 Å². The number of aromatic nitrogens is 2. The van der Waals surface area contributed by atoms with Gasteiger partial charge in [0, 0.05) is 0 Å². The number of hydrogen-bond acceptors (Lipinski definition) is 6. The number of amides is 1. The summed E-state index contributed by atoms with van der Waals surface area (Å²) in [5.41, 5.74) is 2.35. The lowest BCUT2D eigenvalue weighted by atomic mass is 10.1. The first-order valence-corrected chi connectivity index (χ1v) is 8.01. The summed E-state index contributed by atoms with van der Waals surface area (Å²) in [6.07, 6.45) is 0. The minimum absolute atomic E-state index is 0.0257. The fraction of sp³-hybridized carbons (Fsp3) is 0.417. The van der Waals surface area contributed by atoms with Gasteiger partial charge in [0.05, 0.1) is 23.2 Å². The Morgan fingerprint density at radius 1 is 1.47 bits per heavy atom.